The number of benzene rings is 11. The van der Waals surface area contributed by atoms with Crippen LogP contribution in [0.3, 0.4) is 0 Å². The Morgan fingerprint density at radius 3 is 1.62 bits per heavy atom. The van der Waals surface area contributed by atoms with Crippen LogP contribution in [0.4, 0.5) is 17.1 Å². The molecule has 12 aromatic rings. The number of nitrogens with zero attached hydrogens (tertiary/aromatic N) is 1. The Hall–Kier alpha value is -7.52. The lowest BCUT2D eigenvalue weighted by molar-refractivity contribution is 1.31. The van der Waals surface area contributed by atoms with Crippen LogP contribution in [0.1, 0.15) is 0 Å². The topological polar surface area (TPSA) is 3.24 Å². The first kappa shape index (κ1) is 34.5. The smallest absolute Gasteiger partial charge is 0.0554 e. The quantitative estimate of drug-likeness (QED) is 0.152. The first-order valence-electron chi connectivity index (χ1n) is 20.6. The molecular formula is C58H37NS. The fourth-order valence-electron chi connectivity index (χ4n) is 9.49. The molecule has 0 aliphatic carbocycles. The van der Waals surface area contributed by atoms with Crippen molar-refractivity contribution in [1.82, 2.24) is 0 Å². The molecule has 12 rings (SSSR count). The predicted octanol–water partition coefficient (Wildman–Crippen LogP) is 17.1. The summed E-state index contributed by atoms with van der Waals surface area (Å²) in [5.74, 6) is 0. The second-order valence-corrected chi connectivity index (χ2v) is 16.7. The maximum absolute atomic E-state index is 2.48. The lowest BCUT2D eigenvalue weighted by Crippen LogP contribution is -2.10. The van der Waals surface area contributed by atoms with Crippen molar-refractivity contribution in [1.29, 1.82) is 0 Å². The summed E-state index contributed by atoms with van der Waals surface area (Å²) in [7, 11) is 0. The van der Waals surface area contributed by atoms with Crippen LogP contribution in [0.15, 0.2) is 224 Å². The van der Waals surface area contributed by atoms with Crippen molar-refractivity contribution in [3.8, 4) is 33.4 Å². The minimum Gasteiger partial charge on any atom is -0.310 e. The van der Waals surface area contributed by atoms with Crippen LogP contribution in [0.5, 0.6) is 0 Å². The maximum atomic E-state index is 2.48. The van der Waals surface area contributed by atoms with Gasteiger partial charge in [-0.25, -0.2) is 0 Å². The molecule has 2 heteroatoms. The Labute approximate surface area is 352 Å². The summed E-state index contributed by atoms with van der Waals surface area (Å²) in [6.07, 6.45) is 0. The number of rotatable bonds is 6. The highest BCUT2D eigenvalue weighted by Crippen LogP contribution is 2.49. The van der Waals surface area contributed by atoms with E-state index in [9.17, 15) is 0 Å². The van der Waals surface area contributed by atoms with Crippen LogP contribution in [0.2, 0.25) is 0 Å². The molecule has 11 aromatic carbocycles. The molecule has 0 aliphatic rings. The van der Waals surface area contributed by atoms with Gasteiger partial charge in [0.1, 0.15) is 0 Å². The van der Waals surface area contributed by atoms with E-state index in [1.807, 2.05) is 11.3 Å². The van der Waals surface area contributed by atoms with Gasteiger partial charge >= 0.3 is 0 Å². The van der Waals surface area contributed by atoms with Crippen molar-refractivity contribution in [3.05, 3.63) is 224 Å². The molecule has 0 spiro atoms. The highest BCUT2D eigenvalue weighted by Gasteiger charge is 2.22. The molecule has 1 heterocycles. The van der Waals surface area contributed by atoms with E-state index in [2.05, 4.69) is 229 Å². The van der Waals surface area contributed by atoms with E-state index in [-0.39, 0.29) is 0 Å². The molecule has 1 nitrogen and oxygen atoms in total. The lowest BCUT2D eigenvalue weighted by Gasteiger charge is -2.28. The van der Waals surface area contributed by atoms with Crippen LogP contribution in [0.25, 0.3) is 96.6 Å². The molecule has 0 atom stereocenters. The van der Waals surface area contributed by atoms with Crippen LogP contribution in [-0.4, -0.2) is 0 Å². The van der Waals surface area contributed by atoms with E-state index in [0.717, 1.165) is 11.4 Å². The molecule has 60 heavy (non-hydrogen) atoms. The summed E-state index contributed by atoms with van der Waals surface area (Å²) < 4.78 is 2.57. The van der Waals surface area contributed by atoms with Gasteiger partial charge in [-0.1, -0.05) is 176 Å². The molecule has 0 saturated carbocycles. The van der Waals surface area contributed by atoms with Crippen molar-refractivity contribution in [2.75, 3.05) is 4.90 Å². The molecule has 0 unspecified atom stereocenters. The summed E-state index contributed by atoms with van der Waals surface area (Å²) in [6.45, 7) is 0. The zero-order valence-electron chi connectivity index (χ0n) is 32.7. The second-order valence-electron chi connectivity index (χ2n) is 15.6. The van der Waals surface area contributed by atoms with Crippen LogP contribution >= 0.6 is 11.3 Å². The van der Waals surface area contributed by atoms with Crippen molar-refractivity contribution in [2.24, 2.45) is 0 Å². The molecule has 0 amide bonds. The lowest BCUT2D eigenvalue weighted by atomic mass is 9.85. The molecule has 1 aromatic heterocycles. The summed E-state index contributed by atoms with van der Waals surface area (Å²) in [5.41, 5.74) is 10.7. The van der Waals surface area contributed by atoms with E-state index in [4.69, 9.17) is 0 Å². The number of hydrogen-bond acceptors (Lipinski definition) is 2. The van der Waals surface area contributed by atoms with Crippen molar-refractivity contribution in [3.63, 3.8) is 0 Å². The van der Waals surface area contributed by atoms with Gasteiger partial charge in [0.2, 0.25) is 0 Å². The van der Waals surface area contributed by atoms with E-state index in [1.165, 1.54) is 102 Å². The second kappa shape index (κ2) is 14.1. The van der Waals surface area contributed by atoms with Crippen LogP contribution < -0.4 is 4.90 Å². The van der Waals surface area contributed by atoms with Gasteiger partial charge < -0.3 is 4.90 Å². The third kappa shape index (κ3) is 5.61. The van der Waals surface area contributed by atoms with E-state index in [0.29, 0.717) is 0 Å². The normalized spacial score (nSPS) is 11.7. The van der Waals surface area contributed by atoms with Gasteiger partial charge in [0.15, 0.2) is 0 Å². The molecule has 0 aliphatic heterocycles. The predicted molar refractivity (Wildman–Crippen MR) is 260 cm³/mol. The first-order chi connectivity index (χ1) is 29.8. The van der Waals surface area contributed by atoms with Crippen molar-refractivity contribution >= 4 is 91.7 Å². The molecule has 280 valence electrons. The Bertz CT molecular complexity index is 3590. The van der Waals surface area contributed by atoms with Gasteiger partial charge in [0.05, 0.1) is 5.69 Å². The first-order valence-corrected chi connectivity index (χ1v) is 21.4. The Balaban J connectivity index is 1.10. The average Bonchev–Trinajstić information content (AvgIpc) is 3.71. The monoisotopic (exact) mass is 779 g/mol. The van der Waals surface area contributed by atoms with E-state index >= 15 is 0 Å². The third-order valence-corrected chi connectivity index (χ3v) is 13.4. The molecule has 0 radical (unpaired) electrons. The summed E-state index contributed by atoms with van der Waals surface area (Å²) in [6, 6.07) is 82.6. The van der Waals surface area contributed by atoms with E-state index in [1.54, 1.807) is 0 Å². The Morgan fingerprint density at radius 1 is 0.283 bits per heavy atom. The number of thiophene rings is 1. The summed E-state index contributed by atoms with van der Waals surface area (Å²) >= 11 is 1.86. The molecule has 0 N–H and O–H groups in total. The number of anilines is 3. The van der Waals surface area contributed by atoms with Gasteiger partial charge in [-0.15, -0.1) is 11.3 Å². The third-order valence-electron chi connectivity index (χ3n) is 12.2. The average molecular weight is 780 g/mol. The number of fused-ring (bicyclic) bond motifs is 9. The van der Waals surface area contributed by atoms with Crippen LogP contribution in [-0.2, 0) is 0 Å². The van der Waals surface area contributed by atoms with Gasteiger partial charge in [-0.2, -0.15) is 0 Å². The highest BCUT2D eigenvalue weighted by molar-refractivity contribution is 7.26. The minimum atomic E-state index is 1.11. The maximum Gasteiger partial charge on any atom is 0.0554 e. The Morgan fingerprint density at radius 2 is 0.833 bits per heavy atom. The number of hydrogen-bond donors (Lipinski definition) is 0. The van der Waals surface area contributed by atoms with Crippen molar-refractivity contribution in [2.45, 2.75) is 0 Å². The molecule has 0 fully saturated rings. The largest absolute Gasteiger partial charge is 0.310 e. The van der Waals surface area contributed by atoms with Gasteiger partial charge in [0.25, 0.3) is 0 Å². The SMILES string of the molecule is c1ccc(-c2c(-c3ccccc3)c3cc(N(c4ccc(-c5ccc6c(ccc7ccccc76)c5)cc4)c4cccc5sc6ccccc6c45)ccc3c3ccccc23)cc1. The fraction of sp³-hybridized carbons (Fsp3) is 0. The van der Waals surface area contributed by atoms with Crippen LogP contribution in [0, 0.1) is 0 Å². The van der Waals surface area contributed by atoms with E-state index < -0.39 is 0 Å². The van der Waals surface area contributed by atoms with Gasteiger partial charge in [-0.3, -0.25) is 0 Å². The highest BCUT2D eigenvalue weighted by atomic mass is 32.1. The molecule has 0 saturated heterocycles. The Kier molecular flexibility index (Phi) is 8.11. The fourth-order valence-corrected chi connectivity index (χ4v) is 10.6. The standard InChI is InChI=1S/C58H37NS/c1-3-15-40(16-4-1)56-50-21-10-9-20-48(50)49-35-33-45(37-52(49)57(56)41-17-5-2-6-18-41)59(53-23-13-25-55-58(53)51-22-11-12-24-54(51)60-55)44-31-28-38(29-32-44)42-30-34-47-43(36-42)27-26-39-14-7-8-19-46(39)47/h1-37H. The molecule has 0 bridgehead atoms. The van der Waals surface area contributed by atoms with Crippen molar-refractivity contribution < 1.29 is 0 Å². The molecular weight excluding hydrogens is 743 g/mol. The summed E-state index contributed by atoms with van der Waals surface area (Å²) in [5, 5.41) is 12.6. The van der Waals surface area contributed by atoms with Gasteiger partial charge in [0, 0.05) is 31.5 Å². The van der Waals surface area contributed by atoms with Gasteiger partial charge in [-0.05, 0) is 125 Å². The summed E-state index contributed by atoms with van der Waals surface area (Å²) in [4.78, 5) is 2.48. The zero-order valence-corrected chi connectivity index (χ0v) is 33.5. The minimum absolute atomic E-state index is 1.11. The zero-order chi connectivity index (χ0) is 39.6.